The number of methoxy groups -OCH3 is 2. The summed E-state index contributed by atoms with van der Waals surface area (Å²) in [6.07, 6.45) is -1.43. The summed E-state index contributed by atoms with van der Waals surface area (Å²) in [6, 6.07) is 10.7. The summed E-state index contributed by atoms with van der Waals surface area (Å²) in [6.45, 7) is 10.4. The van der Waals surface area contributed by atoms with Gasteiger partial charge in [0.1, 0.15) is 23.4 Å². The summed E-state index contributed by atoms with van der Waals surface area (Å²) in [5.74, 6) is -0.535. The van der Waals surface area contributed by atoms with Crippen LogP contribution in [0.25, 0.3) is 22.4 Å². The van der Waals surface area contributed by atoms with Gasteiger partial charge in [0.15, 0.2) is 0 Å². The van der Waals surface area contributed by atoms with E-state index in [4.69, 9.17) is 30.8 Å². The molecule has 2 aromatic heterocycles. The van der Waals surface area contributed by atoms with E-state index in [-0.39, 0.29) is 58.3 Å². The van der Waals surface area contributed by atoms with Crippen LogP contribution in [0.3, 0.4) is 0 Å². The van der Waals surface area contributed by atoms with Gasteiger partial charge in [0.2, 0.25) is 11.8 Å². The molecule has 0 saturated carbocycles. The topological polar surface area (TPSA) is 181 Å². The summed E-state index contributed by atoms with van der Waals surface area (Å²) >= 11 is 6.62. The number of pyridine rings is 1. The highest BCUT2D eigenvalue weighted by molar-refractivity contribution is 6.34. The number of aromatic nitrogens is 3. The van der Waals surface area contributed by atoms with Crippen LogP contribution >= 0.6 is 11.6 Å². The number of amides is 4. The van der Waals surface area contributed by atoms with Crippen LogP contribution in [-0.4, -0.2) is 127 Å². The van der Waals surface area contributed by atoms with Crippen molar-refractivity contribution in [3.63, 3.8) is 0 Å². The van der Waals surface area contributed by atoms with Crippen molar-refractivity contribution in [1.82, 2.24) is 30.1 Å². The molecule has 3 fully saturated rings. The number of rotatable bonds is 11. The Morgan fingerprint density at radius 1 is 0.970 bits per heavy atom. The van der Waals surface area contributed by atoms with Crippen LogP contribution in [0.15, 0.2) is 60.9 Å². The molecule has 1 unspecified atom stereocenters. The van der Waals surface area contributed by atoms with Crippen LogP contribution in [0.1, 0.15) is 69.2 Å². The molecule has 0 radical (unpaired) electrons. The molecule has 7 rings (SSSR count). The maximum Gasteiger partial charge on any atom is 0.573 e. The molecule has 3 aliphatic heterocycles. The Morgan fingerprint density at radius 3 is 2.30 bits per heavy atom. The Bertz CT molecular complexity index is 2390. The number of likely N-dealkylation sites (tertiary alicyclic amines) is 1. The lowest BCUT2D eigenvalue weighted by atomic mass is 9.90. The number of H-pyrrole nitrogens is 1. The van der Waals surface area contributed by atoms with Crippen molar-refractivity contribution < 1.29 is 51.3 Å². The molecule has 20 heteroatoms. The van der Waals surface area contributed by atoms with Gasteiger partial charge < -0.3 is 49.3 Å². The SMILES string of the molecule is COC(=O)NC(C(=O)N1C[C@@H](OC)C[C@H]1c1nc(-c2ccc(-c3cc(Cl)c(NC(=O)c4ccc(N5CCN(C(=O)C(C)(C)C)C[C@H]5C)nc4)cc3OC(F)(F)F)cc2)c[nH]1)C1CCOCC1. The Kier molecular flexibility index (Phi) is 14.5. The van der Waals surface area contributed by atoms with E-state index < -0.39 is 41.6 Å². The highest BCUT2D eigenvalue weighted by Crippen LogP contribution is 2.41. The van der Waals surface area contributed by atoms with Crippen LogP contribution in [0.5, 0.6) is 5.75 Å². The zero-order valence-electron chi connectivity index (χ0n) is 37.5. The highest BCUT2D eigenvalue weighted by Gasteiger charge is 2.43. The summed E-state index contributed by atoms with van der Waals surface area (Å²) < 4.78 is 62.0. The van der Waals surface area contributed by atoms with Crippen LogP contribution in [0.2, 0.25) is 5.02 Å². The molecular formula is C46H54ClF3N8O8. The minimum Gasteiger partial charge on any atom is -0.453 e. The second kappa shape index (κ2) is 19.9. The molecule has 3 aliphatic rings. The number of hydrogen-bond donors (Lipinski definition) is 3. The molecule has 4 atom stereocenters. The van der Waals surface area contributed by atoms with Crippen LogP contribution in [-0.2, 0) is 23.8 Å². The predicted molar refractivity (Wildman–Crippen MR) is 239 cm³/mol. The summed E-state index contributed by atoms with van der Waals surface area (Å²) in [5.41, 5.74) is 1.00. The Balaban J connectivity index is 1.06. The number of alkyl halides is 3. The Morgan fingerprint density at radius 2 is 1.68 bits per heavy atom. The van der Waals surface area contributed by atoms with E-state index >= 15 is 0 Å². The monoisotopic (exact) mass is 938 g/mol. The third-order valence-electron chi connectivity index (χ3n) is 12.2. The number of nitrogens with one attached hydrogen (secondary N) is 3. The Labute approximate surface area is 385 Å². The van der Waals surface area contributed by atoms with Gasteiger partial charge in [-0.3, -0.25) is 14.4 Å². The molecular weight excluding hydrogens is 885 g/mol. The van der Waals surface area contributed by atoms with E-state index in [1.54, 1.807) is 54.6 Å². The number of hydrogen-bond acceptors (Lipinski definition) is 11. The first-order chi connectivity index (χ1) is 31.3. The number of imidazole rings is 1. The first-order valence-electron chi connectivity index (χ1n) is 21.7. The first-order valence-corrected chi connectivity index (χ1v) is 22.1. The largest absolute Gasteiger partial charge is 0.573 e. The van der Waals surface area contributed by atoms with Gasteiger partial charge in [0.05, 0.1) is 41.2 Å². The maximum atomic E-state index is 14.2. The number of anilines is 2. The quantitative estimate of drug-likeness (QED) is 0.136. The van der Waals surface area contributed by atoms with E-state index in [0.717, 1.165) is 6.07 Å². The van der Waals surface area contributed by atoms with Crippen molar-refractivity contribution in [3.8, 4) is 28.1 Å². The number of nitrogens with zero attached hydrogens (tertiary/aromatic N) is 5. The number of carbonyl (C=O) groups excluding carboxylic acids is 4. The number of alkyl carbamates (subject to hydrolysis) is 1. The van der Waals surface area contributed by atoms with Crippen molar-refractivity contribution in [2.24, 2.45) is 11.3 Å². The van der Waals surface area contributed by atoms with Crippen LogP contribution in [0.4, 0.5) is 29.5 Å². The van der Waals surface area contributed by atoms with Gasteiger partial charge in [-0.15, -0.1) is 13.2 Å². The molecule has 3 saturated heterocycles. The normalized spacial score (nSPS) is 19.9. The van der Waals surface area contributed by atoms with Gasteiger partial charge >= 0.3 is 12.5 Å². The fourth-order valence-corrected chi connectivity index (χ4v) is 8.88. The minimum atomic E-state index is -5.07. The molecule has 0 spiro atoms. The second-order valence-electron chi connectivity index (χ2n) is 17.7. The minimum absolute atomic E-state index is 0.0133. The fourth-order valence-electron chi connectivity index (χ4n) is 8.67. The summed E-state index contributed by atoms with van der Waals surface area (Å²) in [5, 5.41) is 5.28. The zero-order valence-corrected chi connectivity index (χ0v) is 38.3. The van der Waals surface area contributed by atoms with Gasteiger partial charge in [-0.25, -0.2) is 14.8 Å². The molecule has 354 valence electrons. The molecule has 4 aromatic rings. The summed E-state index contributed by atoms with van der Waals surface area (Å²) in [7, 11) is 2.81. The third-order valence-corrected chi connectivity index (χ3v) is 12.5. The summed E-state index contributed by atoms with van der Waals surface area (Å²) in [4.78, 5) is 70.8. The molecule has 0 bridgehead atoms. The number of carbonyl (C=O) groups is 4. The molecule has 4 amide bonds. The predicted octanol–water partition coefficient (Wildman–Crippen LogP) is 7.47. The van der Waals surface area contributed by atoms with E-state index in [1.807, 2.05) is 37.5 Å². The van der Waals surface area contributed by atoms with E-state index in [2.05, 4.69) is 25.3 Å². The second-order valence-corrected chi connectivity index (χ2v) is 18.1. The molecule has 0 aliphatic carbocycles. The van der Waals surface area contributed by atoms with Crippen LogP contribution < -0.4 is 20.3 Å². The Hall–Kier alpha value is -5.92. The molecule has 2 aromatic carbocycles. The van der Waals surface area contributed by atoms with Gasteiger partial charge in [0.25, 0.3) is 5.91 Å². The number of piperazine rings is 1. The molecule has 66 heavy (non-hydrogen) atoms. The van der Waals surface area contributed by atoms with Gasteiger partial charge in [-0.1, -0.05) is 56.6 Å². The van der Waals surface area contributed by atoms with Gasteiger partial charge in [-0.2, -0.15) is 0 Å². The number of halogens is 4. The highest BCUT2D eigenvalue weighted by atomic mass is 35.5. The molecule has 3 N–H and O–H groups in total. The molecule has 16 nitrogen and oxygen atoms in total. The van der Waals surface area contributed by atoms with Gasteiger partial charge in [-0.05, 0) is 49.4 Å². The number of ether oxygens (including phenoxy) is 4. The molecule has 5 heterocycles. The standard InChI is InChI=1S/C46H54ClF3N8O8/c1-26-24-56(43(61)45(2,3)4)15-16-57(26)38-12-11-30(22-51-38)41(59)54-34-21-37(66-46(48,49)50)32(20-33(34)47)27-7-9-28(10-8-27)35-23-52-40(53-35)36-19-31(63-5)25-58(36)42(60)39(55-44(62)64-6)29-13-17-65-18-14-29/h7-12,20-23,26,29,31,36,39H,13-19,24-25H2,1-6H3,(H,52,53)(H,54,59)(H,55,62)/t26-,31+,36+,39?/m1/s1. The lowest BCUT2D eigenvalue weighted by Crippen LogP contribution is -2.56. The average Bonchev–Trinajstić information content (AvgIpc) is 3.97. The number of aromatic amines is 1. The first kappa shape index (κ1) is 48.0. The van der Waals surface area contributed by atoms with E-state index in [1.165, 1.54) is 19.4 Å². The van der Waals surface area contributed by atoms with E-state index in [0.29, 0.717) is 80.6 Å². The van der Waals surface area contributed by atoms with Gasteiger partial charge in [0, 0.05) is 94.0 Å². The lowest BCUT2D eigenvalue weighted by molar-refractivity contribution is -0.274. The third kappa shape index (κ3) is 11.0. The van der Waals surface area contributed by atoms with Crippen molar-refractivity contribution in [3.05, 3.63) is 77.3 Å². The number of benzene rings is 2. The van der Waals surface area contributed by atoms with Crippen molar-refractivity contribution in [2.75, 3.05) is 63.8 Å². The van der Waals surface area contributed by atoms with Crippen molar-refractivity contribution in [1.29, 1.82) is 0 Å². The zero-order chi connectivity index (χ0) is 47.5. The van der Waals surface area contributed by atoms with Crippen molar-refractivity contribution >= 4 is 46.9 Å². The smallest absolute Gasteiger partial charge is 0.453 e. The average molecular weight is 939 g/mol. The maximum absolute atomic E-state index is 14.2. The lowest BCUT2D eigenvalue weighted by Gasteiger charge is -2.42. The fraction of sp³-hybridized carbons (Fsp3) is 0.478. The van der Waals surface area contributed by atoms with Crippen molar-refractivity contribution in [2.45, 2.75) is 77.5 Å². The van der Waals surface area contributed by atoms with Crippen LogP contribution in [0, 0.1) is 11.3 Å². The van der Waals surface area contributed by atoms with E-state index in [9.17, 15) is 32.3 Å².